The molecule has 158 valence electrons. The first-order valence-corrected chi connectivity index (χ1v) is 12.9. The highest BCUT2D eigenvalue weighted by Gasteiger charge is 2.23. The van der Waals surface area contributed by atoms with E-state index in [1.54, 1.807) is 13.0 Å². The second-order valence-electron chi connectivity index (χ2n) is 8.08. The molecule has 0 amide bonds. The fraction of sp³-hybridized carbons (Fsp3) is 0.478. The highest BCUT2D eigenvalue weighted by molar-refractivity contribution is 6.59. The highest BCUT2D eigenvalue weighted by atomic mass is 28.3. The summed E-state index contributed by atoms with van der Waals surface area (Å²) in [5.74, 6) is -0.675. The van der Waals surface area contributed by atoms with Crippen molar-refractivity contribution in [2.45, 2.75) is 69.4 Å². The molecule has 0 saturated carbocycles. The first-order chi connectivity index (χ1) is 13.9. The summed E-state index contributed by atoms with van der Waals surface area (Å²) in [5, 5.41) is 0. The van der Waals surface area contributed by atoms with Crippen LogP contribution in [0.5, 0.6) is 5.75 Å². The van der Waals surface area contributed by atoms with Gasteiger partial charge in [0.1, 0.15) is 0 Å². The van der Waals surface area contributed by atoms with Crippen LogP contribution in [0.25, 0.3) is 11.1 Å². The quantitative estimate of drug-likeness (QED) is 0.318. The van der Waals surface area contributed by atoms with E-state index in [4.69, 9.17) is 0 Å². The zero-order valence-electron chi connectivity index (χ0n) is 16.7. The number of rotatable bonds is 8. The average molecular weight is 425 g/mol. The minimum atomic E-state index is -3.04. The van der Waals surface area contributed by atoms with Crippen LogP contribution in [0.4, 0.5) is 17.6 Å². The van der Waals surface area contributed by atoms with Gasteiger partial charge in [-0.15, -0.1) is 0 Å². The SMILES string of the molecule is CC(F)CCC[Si@H]1CC[C@H](c2ccc(-c3ccc(OC(F)F)c(F)c3)cc2)CC1. The van der Waals surface area contributed by atoms with Crippen LogP contribution < -0.4 is 4.74 Å². The third-order valence-corrected chi connectivity index (χ3v) is 9.45. The maximum Gasteiger partial charge on any atom is 0.387 e. The molecule has 0 aromatic heterocycles. The minimum Gasteiger partial charge on any atom is -0.432 e. The number of hydrogen-bond donors (Lipinski definition) is 0. The Morgan fingerprint density at radius 3 is 2.24 bits per heavy atom. The van der Waals surface area contributed by atoms with Crippen LogP contribution in [0.15, 0.2) is 42.5 Å². The Hall–Kier alpha value is -1.82. The van der Waals surface area contributed by atoms with Crippen LogP contribution in [0.1, 0.15) is 44.1 Å². The van der Waals surface area contributed by atoms with Crippen LogP contribution in [-0.2, 0) is 0 Å². The van der Waals surface area contributed by atoms with Crippen molar-refractivity contribution in [1.82, 2.24) is 0 Å². The molecule has 1 nitrogen and oxygen atoms in total. The Labute approximate surface area is 171 Å². The molecule has 6 heteroatoms. The van der Waals surface area contributed by atoms with Gasteiger partial charge in [0.15, 0.2) is 11.6 Å². The summed E-state index contributed by atoms with van der Waals surface area (Å²) in [5.41, 5.74) is 2.78. The summed E-state index contributed by atoms with van der Waals surface area (Å²) in [4.78, 5) is 0. The van der Waals surface area contributed by atoms with Crippen LogP contribution >= 0.6 is 0 Å². The molecule has 0 bridgehead atoms. The van der Waals surface area contributed by atoms with Gasteiger partial charge < -0.3 is 4.74 Å². The van der Waals surface area contributed by atoms with Gasteiger partial charge in [-0.25, -0.2) is 8.78 Å². The maximum atomic E-state index is 14.0. The third kappa shape index (κ3) is 6.33. The van der Waals surface area contributed by atoms with E-state index in [1.807, 2.05) is 12.1 Å². The summed E-state index contributed by atoms with van der Waals surface area (Å²) >= 11 is 0. The fourth-order valence-electron chi connectivity index (χ4n) is 4.29. The molecular weight excluding hydrogens is 396 g/mol. The monoisotopic (exact) mass is 424 g/mol. The normalized spacial score (nSPS) is 20.6. The van der Waals surface area contributed by atoms with Crippen LogP contribution in [-0.4, -0.2) is 21.6 Å². The lowest BCUT2D eigenvalue weighted by Gasteiger charge is -2.28. The van der Waals surface area contributed by atoms with Gasteiger partial charge in [0.05, 0.1) is 6.17 Å². The second-order valence-corrected chi connectivity index (χ2v) is 11.5. The van der Waals surface area contributed by atoms with E-state index in [2.05, 4.69) is 16.9 Å². The van der Waals surface area contributed by atoms with Crippen molar-refractivity contribution in [1.29, 1.82) is 0 Å². The van der Waals surface area contributed by atoms with Crippen molar-refractivity contribution in [3.05, 3.63) is 53.8 Å². The standard InChI is InChI=1S/C23H28F4OSi/c1-16(24)3-2-12-29-13-10-19(11-14-29)17-4-6-18(7-5-17)20-8-9-22(21(25)15-20)28-23(26)27/h4-9,15-16,19,23,29H,2-3,10-14H2,1H3/t16?,19-,29-. The molecule has 1 heterocycles. The summed E-state index contributed by atoms with van der Waals surface area (Å²) in [7, 11) is -0.701. The molecule has 2 aromatic rings. The van der Waals surface area contributed by atoms with Crippen molar-refractivity contribution < 1.29 is 22.3 Å². The molecule has 1 atom stereocenters. The molecule has 1 fully saturated rings. The second kappa shape index (κ2) is 10.3. The summed E-state index contributed by atoms with van der Waals surface area (Å²) < 4.78 is 55.6. The van der Waals surface area contributed by atoms with Crippen LogP contribution in [0, 0.1) is 5.82 Å². The molecule has 0 spiro atoms. The first kappa shape index (κ1) is 21.9. The molecule has 2 aromatic carbocycles. The number of ether oxygens (including phenoxy) is 1. The topological polar surface area (TPSA) is 9.23 Å². The Balaban J connectivity index is 1.56. The molecule has 1 saturated heterocycles. The maximum absolute atomic E-state index is 14.0. The molecule has 0 aliphatic carbocycles. The van der Waals surface area contributed by atoms with Crippen molar-refractivity contribution >= 4 is 8.80 Å². The molecule has 29 heavy (non-hydrogen) atoms. The zero-order valence-corrected chi connectivity index (χ0v) is 17.9. The number of alkyl halides is 3. The average Bonchev–Trinajstić information content (AvgIpc) is 2.70. The predicted molar refractivity (Wildman–Crippen MR) is 112 cm³/mol. The molecule has 0 radical (unpaired) electrons. The summed E-state index contributed by atoms with van der Waals surface area (Å²) in [6.07, 6.45) is 3.46. The summed E-state index contributed by atoms with van der Waals surface area (Å²) in [6, 6.07) is 16.1. The molecule has 0 N–H and O–H groups in total. The van der Waals surface area contributed by atoms with E-state index in [9.17, 15) is 17.6 Å². The van der Waals surface area contributed by atoms with Crippen molar-refractivity contribution in [3.63, 3.8) is 0 Å². The van der Waals surface area contributed by atoms with Gasteiger partial charge in [-0.05, 0) is 60.9 Å². The van der Waals surface area contributed by atoms with E-state index < -0.39 is 33.1 Å². The Morgan fingerprint density at radius 1 is 1.00 bits per heavy atom. The van der Waals surface area contributed by atoms with E-state index in [-0.39, 0.29) is 0 Å². The Kier molecular flexibility index (Phi) is 7.75. The van der Waals surface area contributed by atoms with Gasteiger partial charge in [-0.3, -0.25) is 0 Å². The fourth-order valence-corrected chi connectivity index (χ4v) is 7.72. The number of halogens is 4. The predicted octanol–water partition coefficient (Wildman–Crippen LogP) is 7.34. The Bertz CT molecular complexity index is 771. The van der Waals surface area contributed by atoms with Crippen molar-refractivity contribution in [2.75, 3.05) is 0 Å². The molecule has 3 rings (SSSR count). The lowest BCUT2D eigenvalue weighted by molar-refractivity contribution is -0.0521. The van der Waals surface area contributed by atoms with Gasteiger partial charge >= 0.3 is 6.61 Å². The van der Waals surface area contributed by atoms with Gasteiger partial charge in [0.25, 0.3) is 0 Å². The van der Waals surface area contributed by atoms with E-state index >= 15 is 0 Å². The van der Waals surface area contributed by atoms with Crippen LogP contribution in [0.2, 0.25) is 18.1 Å². The van der Waals surface area contributed by atoms with Crippen molar-refractivity contribution in [2.24, 2.45) is 0 Å². The lowest BCUT2D eigenvalue weighted by Crippen LogP contribution is -2.20. The van der Waals surface area contributed by atoms with Gasteiger partial charge in [-0.2, -0.15) is 8.78 Å². The first-order valence-electron chi connectivity index (χ1n) is 10.4. The van der Waals surface area contributed by atoms with E-state index in [1.165, 1.54) is 48.7 Å². The molecule has 1 aliphatic heterocycles. The number of benzene rings is 2. The van der Waals surface area contributed by atoms with Gasteiger partial charge in [-0.1, -0.05) is 54.9 Å². The summed E-state index contributed by atoms with van der Waals surface area (Å²) in [6.45, 7) is -1.40. The van der Waals surface area contributed by atoms with E-state index in [0.29, 0.717) is 17.9 Å². The van der Waals surface area contributed by atoms with Crippen molar-refractivity contribution in [3.8, 4) is 16.9 Å². The zero-order chi connectivity index (χ0) is 20.8. The molecular formula is C23H28F4OSi. The molecule has 1 aliphatic rings. The largest absolute Gasteiger partial charge is 0.432 e. The van der Waals surface area contributed by atoms with E-state index in [0.717, 1.165) is 12.0 Å². The van der Waals surface area contributed by atoms with Gasteiger partial charge in [0.2, 0.25) is 0 Å². The van der Waals surface area contributed by atoms with Gasteiger partial charge in [0, 0.05) is 8.80 Å². The lowest BCUT2D eigenvalue weighted by atomic mass is 9.92. The highest BCUT2D eigenvalue weighted by Crippen LogP contribution is 2.36. The third-order valence-electron chi connectivity index (χ3n) is 5.92. The Morgan fingerprint density at radius 2 is 1.66 bits per heavy atom. The minimum absolute atomic E-state index is 0.442. The molecule has 1 unspecified atom stereocenters. The van der Waals surface area contributed by atoms with Crippen LogP contribution in [0.3, 0.4) is 0 Å². The smallest absolute Gasteiger partial charge is 0.387 e. The number of hydrogen-bond acceptors (Lipinski definition) is 1.